The monoisotopic (exact) mass is 319 g/mol. The van der Waals surface area contributed by atoms with Crippen LogP contribution in [-0.4, -0.2) is 27.0 Å². The van der Waals surface area contributed by atoms with E-state index in [1.807, 2.05) is 0 Å². The van der Waals surface area contributed by atoms with Crippen LogP contribution in [0.5, 0.6) is 0 Å². The molecule has 2 unspecified atom stereocenters. The highest BCUT2D eigenvalue weighted by Gasteiger charge is 2.34. The number of aromatic nitrogens is 2. The van der Waals surface area contributed by atoms with Crippen LogP contribution in [0.3, 0.4) is 0 Å². The molecule has 2 N–H and O–H groups in total. The number of aromatic carboxylic acids is 1. The number of rotatable bonds is 2. The van der Waals surface area contributed by atoms with Crippen LogP contribution in [0.15, 0.2) is 34.5 Å². The average molecular weight is 319 g/mol. The second-order valence-corrected chi connectivity index (χ2v) is 5.63. The molecule has 0 bridgehead atoms. The third kappa shape index (κ3) is 2.24. The lowest BCUT2D eigenvalue weighted by atomic mass is 9.76. The van der Waals surface area contributed by atoms with E-state index < -0.39 is 17.8 Å². The van der Waals surface area contributed by atoms with Gasteiger partial charge in [0.15, 0.2) is 5.69 Å². The Bertz CT molecular complexity index is 1000. The summed E-state index contributed by atoms with van der Waals surface area (Å²) in [6.07, 6.45) is 0. The van der Waals surface area contributed by atoms with Gasteiger partial charge in [-0.3, -0.25) is 10.1 Å². The second kappa shape index (κ2) is 5.64. The molecule has 0 radical (unpaired) electrons. The summed E-state index contributed by atoms with van der Waals surface area (Å²) in [5.74, 6) is -2.18. The van der Waals surface area contributed by atoms with Gasteiger partial charge in [0.25, 0.3) is 0 Å². The molecular weight excluding hydrogens is 306 g/mol. The van der Waals surface area contributed by atoms with Gasteiger partial charge in [0, 0.05) is 17.0 Å². The molecule has 2 heterocycles. The number of carbonyl (C=O) groups is 1. The van der Waals surface area contributed by atoms with E-state index in [0.717, 1.165) is 0 Å². The van der Waals surface area contributed by atoms with Crippen molar-refractivity contribution in [3.63, 3.8) is 0 Å². The van der Waals surface area contributed by atoms with E-state index in [-0.39, 0.29) is 5.69 Å². The normalized spacial score (nSPS) is 20.4. The molecule has 0 amide bonds. The highest BCUT2D eigenvalue weighted by molar-refractivity contribution is 6.01. The molecule has 0 saturated carbocycles. The lowest BCUT2D eigenvalue weighted by molar-refractivity contribution is 0.0692. The first-order chi connectivity index (χ1) is 11.5. The summed E-state index contributed by atoms with van der Waals surface area (Å²) in [5, 5.41) is 35.2. The highest BCUT2D eigenvalue weighted by Crippen LogP contribution is 2.39. The molecule has 3 rings (SSSR count). The van der Waals surface area contributed by atoms with E-state index >= 15 is 0 Å². The lowest BCUT2D eigenvalue weighted by Crippen LogP contribution is -2.24. The first-order valence-corrected chi connectivity index (χ1v) is 7.25. The van der Waals surface area contributed by atoms with Gasteiger partial charge >= 0.3 is 5.97 Å². The maximum atomic E-state index is 11.3. The average Bonchev–Trinajstić information content (AvgIpc) is 2.97. The second-order valence-electron chi connectivity index (χ2n) is 5.63. The maximum Gasteiger partial charge on any atom is 0.357 e. The molecule has 2 aromatic rings. The molecule has 7 nitrogen and oxygen atoms in total. The summed E-state index contributed by atoms with van der Waals surface area (Å²) < 4.78 is 0. The van der Waals surface area contributed by atoms with E-state index in [4.69, 9.17) is 0 Å². The van der Waals surface area contributed by atoms with Crippen molar-refractivity contribution in [2.45, 2.75) is 19.8 Å². The van der Waals surface area contributed by atoms with Crippen LogP contribution in [0.4, 0.5) is 0 Å². The summed E-state index contributed by atoms with van der Waals surface area (Å²) in [5.41, 5.74) is 2.85. The number of benzene rings is 1. The SMILES string of the molecule is CC1=NC(C)=C(C#N)C(c2ccc3[nH]nc(C(=O)O)c3c2)C1C#N. The van der Waals surface area contributed by atoms with Gasteiger partial charge in [0.05, 0.1) is 34.8 Å². The molecule has 24 heavy (non-hydrogen) atoms. The predicted octanol–water partition coefficient (Wildman–Crippen LogP) is 2.76. The predicted molar refractivity (Wildman–Crippen MR) is 86.3 cm³/mol. The van der Waals surface area contributed by atoms with Crippen molar-refractivity contribution < 1.29 is 9.90 Å². The molecule has 7 heteroatoms. The number of nitriles is 2. The number of carboxylic acid groups (broad SMARTS) is 1. The Hall–Kier alpha value is -3.45. The van der Waals surface area contributed by atoms with Gasteiger partial charge < -0.3 is 5.11 Å². The maximum absolute atomic E-state index is 11.3. The fourth-order valence-corrected chi connectivity index (χ4v) is 3.09. The van der Waals surface area contributed by atoms with Crippen molar-refractivity contribution in [2.24, 2.45) is 10.9 Å². The van der Waals surface area contributed by atoms with Gasteiger partial charge in [-0.15, -0.1) is 0 Å². The third-order valence-corrected chi connectivity index (χ3v) is 4.24. The molecule has 1 aromatic carbocycles. The first-order valence-electron chi connectivity index (χ1n) is 7.25. The number of hydrogen-bond acceptors (Lipinski definition) is 5. The third-order valence-electron chi connectivity index (χ3n) is 4.24. The number of nitrogens with one attached hydrogen (secondary N) is 1. The number of aromatic amines is 1. The number of H-pyrrole nitrogens is 1. The first kappa shape index (κ1) is 15.4. The topological polar surface area (TPSA) is 126 Å². The quantitative estimate of drug-likeness (QED) is 0.880. The molecule has 1 aliphatic heterocycles. The fourth-order valence-electron chi connectivity index (χ4n) is 3.09. The minimum atomic E-state index is -1.14. The minimum absolute atomic E-state index is 0.0826. The summed E-state index contributed by atoms with van der Waals surface area (Å²) in [7, 11) is 0. The Balaban J connectivity index is 2.23. The molecule has 118 valence electrons. The Morgan fingerprint density at radius 3 is 2.71 bits per heavy atom. The molecule has 1 aromatic heterocycles. The zero-order valence-corrected chi connectivity index (χ0v) is 13.0. The van der Waals surface area contributed by atoms with Gasteiger partial charge in [-0.1, -0.05) is 6.07 Å². The summed E-state index contributed by atoms with van der Waals surface area (Å²) in [4.78, 5) is 15.6. The van der Waals surface area contributed by atoms with Crippen molar-refractivity contribution in [2.75, 3.05) is 0 Å². The van der Waals surface area contributed by atoms with Crippen LogP contribution < -0.4 is 0 Å². The summed E-state index contributed by atoms with van der Waals surface area (Å²) in [6, 6.07) is 9.53. The zero-order valence-electron chi connectivity index (χ0n) is 13.0. The number of fused-ring (bicyclic) bond motifs is 1. The van der Waals surface area contributed by atoms with E-state index in [0.29, 0.717) is 33.4 Å². The standard InChI is InChI=1S/C17H13N5O2/c1-8-12(6-18)15(13(7-19)9(2)20-8)10-3-4-14-11(5-10)16(17(23)24)22-21-14/h3-5,12,15H,1-2H3,(H,21,22)(H,23,24). The Morgan fingerprint density at radius 2 is 2.08 bits per heavy atom. The molecular formula is C17H13N5O2. The van der Waals surface area contributed by atoms with Crippen LogP contribution in [0.2, 0.25) is 0 Å². The van der Waals surface area contributed by atoms with Gasteiger partial charge in [0.2, 0.25) is 0 Å². The van der Waals surface area contributed by atoms with Gasteiger partial charge in [0.1, 0.15) is 0 Å². The van der Waals surface area contributed by atoms with Crippen molar-refractivity contribution in [1.82, 2.24) is 10.2 Å². The van der Waals surface area contributed by atoms with Crippen molar-refractivity contribution in [3.8, 4) is 12.1 Å². The van der Waals surface area contributed by atoms with Crippen molar-refractivity contribution in [1.29, 1.82) is 10.5 Å². The van der Waals surface area contributed by atoms with E-state index in [2.05, 4.69) is 27.3 Å². The molecule has 1 aliphatic rings. The number of hydrogen-bond donors (Lipinski definition) is 2. The number of nitrogens with zero attached hydrogens (tertiary/aromatic N) is 4. The number of allylic oxidation sites excluding steroid dienone is 2. The van der Waals surface area contributed by atoms with Crippen LogP contribution in [-0.2, 0) is 0 Å². The molecule has 0 fully saturated rings. The number of aliphatic imine (C=N–C) groups is 1. The molecule has 0 saturated heterocycles. The van der Waals surface area contributed by atoms with Crippen LogP contribution >= 0.6 is 0 Å². The van der Waals surface area contributed by atoms with E-state index in [1.54, 1.807) is 32.0 Å². The lowest BCUT2D eigenvalue weighted by Gasteiger charge is -2.26. The summed E-state index contributed by atoms with van der Waals surface area (Å²) >= 11 is 0. The van der Waals surface area contributed by atoms with Gasteiger partial charge in [-0.2, -0.15) is 15.6 Å². The minimum Gasteiger partial charge on any atom is -0.476 e. The largest absolute Gasteiger partial charge is 0.476 e. The van der Waals surface area contributed by atoms with Crippen molar-refractivity contribution in [3.05, 3.63) is 40.7 Å². The van der Waals surface area contributed by atoms with E-state index in [9.17, 15) is 20.4 Å². The Morgan fingerprint density at radius 1 is 1.33 bits per heavy atom. The van der Waals surface area contributed by atoms with Crippen LogP contribution in [0.1, 0.15) is 35.8 Å². The smallest absolute Gasteiger partial charge is 0.357 e. The van der Waals surface area contributed by atoms with Gasteiger partial charge in [-0.05, 0) is 31.5 Å². The zero-order chi connectivity index (χ0) is 17.4. The molecule has 0 aliphatic carbocycles. The van der Waals surface area contributed by atoms with E-state index in [1.165, 1.54) is 0 Å². The van der Waals surface area contributed by atoms with Crippen LogP contribution in [0, 0.1) is 28.6 Å². The fraction of sp³-hybridized carbons (Fsp3) is 0.235. The Kier molecular flexibility index (Phi) is 3.63. The highest BCUT2D eigenvalue weighted by atomic mass is 16.4. The summed E-state index contributed by atoms with van der Waals surface area (Å²) in [6.45, 7) is 3.50. The van der Waals surface area contributed by atoms with Gasteiger partial charge in [-0.25, -0.2) is 4.79 Å². The number of carboxylic acids is 1. The van der Waals surface area contributed by atoms with Crippen molar-refractivity contribution >= 4 is 22.6 Å². The Labute approximate surface area is 137 Å². The van der Waals surface area contributed by atoms with Crippen LogP contribution in [0.25, 0.3) is 10.9 Å². The molecule has 0 spiro atoms. The molecule has 2 atom stereocenters.